The van der Waals surface area contributed by atoms with Crippen molar-refractivity contribution in [1.29, 1.82) is 0 Å². The van der Waals surface area contributed by atoms with Crippen LogP contribution >= 0.6 is 0 Å². The second-order valence-electron chi connectivity index (χ2n) is 5.04. The van der Waals surface area contributed by atoms with Crippen molar-refractivity contribution in [1.82, 2.24) is 10.1 Å². The van der Waals surface area contributed by atoms with Crippen molar-refractivity contribution in [2.45, 2.75) is 13.8 Å². The Morgan fingerprint density at radius 3 is 2.27 bits per heavy atom. The molecule has 1 heterocycles. The van der Waals surface area contributed by atoms with Gasteiger partial charge in [0, 0.05) is 16.8 Å². The fourth-order valence-electron chi connectivity index (χ4n) is 2.02. The van der Waals surface area contributed by atoms with Crippen molar-refractivity contribution in [3.05, 3.63) is 65.5 Å². The van der Waals surface area contributed by atoms with Gasteiger partial charge in [0.1, 0.15) is 0 Å². The van der Waals surface area contributed by atoms with E-state index in [1.807, 2.05) is 31.2 Å². The molecular formula is C17H15N3O2. The highest BCUT2D eigenvalue weighted by molar-refractivity contribution is 6.04. The summed E-state index contributed by atoms with van der Waals surface area (Å²) >= 11 is 0. The SMILES string of the molecule is Cc1ccc(NC(=O)c2ccc(-c3nc(C)no3)cc2)cc1. The number of aromatic nitrogens is 2. The molecule has 0 fully saturated rings. The van der Waals surface area contributed by atoms with E-state index >= 15 is 0 Å². The highest BCUT2D eigenvalue weighted by atomic mass is 16.5. The molecule has 0 aliphatic carbocycles. The van der Waals surface area contributed by atoms with Crippen LogP contribution in [0.2, 0.25) is 0 Å². The topological polar surface area (TPSA) is 68.0 Å². The maximum absolute atomic E-state index is 12.2. The van der Waals surface area contributed by atoms with E-state index in [4.69, 9.17) is 4.52 Å². The Kier molecular flexibility index (Phi) is 3.70. The molecule has 1 N–H and O–H groups in total. The van der Waals surface area contributed by atoms with Gasteiger partial charge in [0.15, 0.2) is 5.82 Å². The molecule has 22 heavy (non-hydrogen) atoms. The molecule has 0 aliphatic heterocycles. The molecule has 0 bridgehead atoms. The van der Waals surface area contributed by atoms with Crippen LogP contribution in [0, 0.1) is 13.8 Å². The third kappa shape index (κ3) is 3.03. The number of carbonyl (C=O) groups is 1. The number of carbonyl (C=O) groups excluding carboxylic acids is 1. The molecule has 1 amide bonds. The number of hydrogen-bond donors (Lipinski definition) is 1. The highest BCUT2D eigenvalue weighted by Gasteiger charge is 2.09. The Hall–Kier alpha value is -2.95. The summed E-state index contributed by atoms with van der Waals surface area (Å²) < 4.78 is 5.10. The van der Waals surface area contributed by atoms with Gasteiger partial charge in [-0.25, -0.2) is 0 Å². The lowest BCUT2D eigenvalue weighted by Gasteiger charge is -2.06. The number of rotatable bonds is 3. The van der Waals surface area contributed by atoms with E-state index in [9.17, 15) is 4.79 Å². The second-order valence-corrected chi connectivity index (χ2v) is 5.04. The summed E-state index contributed by atoms with van der Waals surface area (Å²) in [6, 6.07) is 14.7. The molecule has 3 aromatic rings. The third-order valence-corrected chi connectivity index (χ3v) is 3.23. The van der Waals surface area contributed by atoms with Gasteiger partial charge in [0.25, 0.3) is 11.8 Å². The molecule has 5 heteroatoms. The van der Waals surface area contributed by atoms with Crippen LogP contribution in [-0.2, 0) is 0 Å². The predicted molar refractivity (Wildman–Crippen MR) is 83.6 cm³/mol. The van der Waals surface area contributed by atoms with Gasteiger partial charge < -0.3 is 9.84 Å². The summed E-state index contributed by atoms with van der Waals surface area (Å²) in [6.45, 7) is 3.76. The number of anilines is 1. The molecule has 2 aromatic carbocycles. The lowest BCUT2D eigenvalue weighted by molar-refractivity contribution is 0.102. The Bertz CT molecular complexity index is 790. The lowest BCUT2D eigenvalue weighted by atomic mass is 10.1. The minimum Gasteiger partial charge on any atom is -0.334 e. The monoisotopic (exact) mass is 293 g/mol. The fraction of sp³-hybridized carbons (Fsp3) is 0.118. The fourth-order valence-corrected chi connectivity index (χ4v) is 2.02. The van der Waals surface area contributed by atoms with E-state index in [2.05, 4.69) is 15.5 Å². The van der Waals surface area contributed by atoms with Crippen LogP contribution < -0.4 is 5.32 Å². The number of benzene rings is 2. The van der Waals surface area contributed by atoms with E-state index in [1.54, 1.807) is 31.2 Å². The van der Waals surface area contributed by atoms with E-state index in [1.165, 1.54) is 0 Å². The predicted octanol–water partition coefficient (Wildman–Crippen LogP) is 3.61. The smallest absolute Gasteiger partial charge is 0.257 e. The summed E-state index contributed by atoms with van der Waals surface area (Å²) in [5.74, 6) is 0.872. The zero-order valence-corrected chi connectivity index (χ0v) is 12.3. The number of amides is 1. The summed E-state index contributed by atoms with van der Waals surface area (Å²) in [4.78, 5) is 16.3. The number of aryl methyl sites for hydroxylation is 2. The Labute approximate surface area is 128 Å². The number of hydrogen-bond acceptors (Lipinski definition) is 4. The number of nitrogens with zero attached hydrogens (tertiary/aromatic N) is 2. The molecule has 1 aromatic heterocycles. The van der Waals surface area contributed by atoms with Crippen molar-refractivity contribution in [3.8, 4) is 11.5 Å². The van der Waals surface area contributed by atoms with Crippen molar-refractivity contribution in [2.24, 2.45) is 0 Å². The highest BCUT2D eigenvalue weighted by Crippen LogP contribution is 2.18. The molecule has 0 saturated heterocycles. The van der Waals surface area contributed by atoms with Crippen LogP contribution in [0.4, 0.5) is 5.69 Å². The van der Waals surface area contributed by atoms with Crippen molar-refractivity contribution in [3.63, 3.8) is 0 Å². The minimum absolute atomic E-state index is 0.155. The van der Waals surface area contributed by atoms with Crippen LogP contribution in [0.15, 0.2) is 53.1 Å². The quantitative estimate of drug-likeness (QED) is 0.801. The van der Waals surface area contributed by atoms with Crippen LogP contribution in [0.3, 0.4) is 0 Å². The van der Waals surface area contributed by atoms with Gasteiger partial charge >= 0.3 is 0 Å². The first-order valence-electron chi connectivity index (χ1n) is 6.90. The van der Waals surface area contributed by atoms with E-state index in [-0.39, 0.29) is 5.91 Å². The Balaban J connectivity index is 1.74. The molecule has 110 valence electrons. The normalized spacial score (nSPS) is 10.5. The Morgan fingerprint density at radius 1 is 1.00 bits per heavy atom. The number of nitrogens with one attached hydrogen (secondary N) is 1. The first-order chi connectivity index (χ1) is 10.6. The van der Waals surface area contributed by atoms with Gasteiger partial charge in [-0.2, -0.15) is 4.98 Å². The van der Waals surface area contributed by atoms with Gasteiger partial charge in [0.05, 0.1) is 0 Å². The van der Waals surface area contributed by atoms with Crippen molar-refractivity contribution >= 4 is 11.6 Å². The zero-order valence-electron chi connectivity index (χ0n) is 12.3. The first-order valence-corrected chi connectivity index (χ1v) is 6.90. The minimum atomic E-state index is -0.155. The van der Waals surface area contributed by atoms with Crippen LogP contribution in [-0.4, -0.2) is 16.0 Å². The third-order valence-electron chi connectivity index (χ3n) is 3.23. The molecule has 0 radical (unpaired) electrons. The van der Waals surface area contributed by atoms with Gasteiger partial charge in [-0.05, 0) is 50.2 Å². The maximum Gasteiger partial charge on any atom is 0.257 e. The van der Waals surface area contributed by atoms with Crippen LogP contribution in [0.5, 0.6) is 0 Å². The van der Waals surface area contributed by atoms with E-state index in [0.717, 1.165) is 16.8 Å². The molecule has 3 rings (SSSR count). The second kappa shape index (κ2) is 5.81. The lowest BCUT2D eigenvalue weighted by Crippen LogP contribution is -2.11. The van der Waals surface area contributed by atoms with Gasteiger partial charge in [-0.1, -0.05) is 22.9 Å². The van der Waals surface area contributed by atoms with Gasteiger partial charge in [0.2, 0.25) is 0 Å². The zero-order chi connectivity index (χ0) is 15.5. The molecule has 5 nitrogen and oxygen atoms in total. The average Bonchev–Trinajstić information content (AvgIpc) is 2.96. The van der Waals surface area contributed by atoms with E-state index in [0.29, 0.717) is 17.3 Å². The van der Waals surface area contributed by atoms with Crippen molar-refractivity contribution in [2.75, 3.05) is 5.32 Å². The summed E-state index contributed by atoms with van der Waals surface area (Å²) in [7, 11) is 0. The molecule has 0 spiro atoms. The first kappa shape index (κ1) is 14.0. The summed E-state index contributed by atoms with van der Waals surface area (Å²) in [5, 5.41) is 6.61. The largest absolute Gasteiger partial charge is 0.334 e. The molecular weight excluding hydrogens is 278 g/mol. The molecule has 0 unspecified atom stereocenters. The summed E-state index contributed by atoms with van der Waals surface area (Å²) in [5.41, 5.74) is 3.28. The maximum atomic E-state index is 12.2. The van der Waals surface area contributed by atoms with Gasteiger partial charge in [-0.15, -0.1) is 0 Å². The molecule has 0 saturated carbocycles. The van der Waals surface area contributed by atoms with Gasteiger partial charge in [-0.3, -0.25) is 4.79 Å². The summed E-state index contributed by atoms with van der Waals surface area (Å²) in [6.07, 6.45) is 0. The van der Waals surface area contributed by atoms with Crippen molar-refractivity contribution < 1.29 is 9.32 Å². The van der Waals surface area contributed by atoms with Crippen LogP contribution in [0.1, 0.15) is 21.7 Å². The standard InChI is InChI=1S/C17H15N3O2/c1-11-3-9-15(10-4-11)19-16(21)13-5-7-14(8-6-13)17-18-12(2)20-22-17/h3-10H,1-2H3,(H,19,21). The molecule has 0 atom stereocenters. The van der Waals surface area contributed by atoms with E-state index < -0.39 is 0 Å². The average molecular weight is 293 g/mol. The molecule has 0 aliphatic rings. The van der Waals surface area contributed by atoms with Crippen LogP contribution in [0.25, 0.3) is 11.5 Å². The Morgan fingerprint density at radius 2 is 1.68 bits per heavy atom.